The summed E-state index contributed by atoms with van der Waals surface area (Å²) in [4.78, 5) is 20.6. The maximum Gasteiger partial charge on any atom is 0.256 e. The zero-order chi connectivity index (χ0) is 20.2. The van der Waals surface area contributed by atoms with Crippen LogP contribution in [0, 0.1) is 0 Å². The molecule has 2 heterocycles. The molecule has 1 saturated heterocycles. The summed E-state index contributed by atoms with van der Waals surface area (Å²) >= 11 is 0. The molecule has 2 aromatic carbocycles. The highest BCUT2D eigenvalue weighted by atomic mass is 16.5. The first-order valence-corrected chi connectivity index (χ1v) is 10.3. The van der Waals surface area contributed by atoms with Crippen LogP contribution in [0.1, 0.15) is 48.1 Å². The van der Waals surface area contributed by atoms with Gasteiger partial charge >= 0.3 is 0 Å². The largest absolute Gasteiger partial charge is 0.492 e. The summed E-state index contributed by atoms with van der Waals surface area (Å²) < 4.78 is 5.77. The van der Waals surface area contributed by atoms with E-state index in [0.29, 0.717) is 11.3 Å². The average Bonchev–Trinajstić information content (AvgIpc) is 3.31. The number of amides is 1. The molecule has 1 atom stereocenters. The van der Waals surface area contributed by atoms with Crippen LogP contribution in [-0.4, -0.2) is 31.1 Å². The number of carbonyl (C=O) groups excluding carboxylic acids is 1. The van der Waals surface area contributed by atoms with Crippen LogP contribution in [0.5, 0.6) is 5.75 Å². The first kappa shape index (κ1) is 19.2. The summed E-state index contributed by atoms with van der Waals surface area (Å²) in [5.74, 6) is 1.20. The minimum atomic E-state index is -0.128. The number of para-hydroxylation sites is 1. The second-order valence-corrected chi connectivity index (χ2v) is 7.40. The monoisotopic (exact) mass is 389 g/mol. The van der Waals surface area contributed by atoms with E-state index in [4.69, 9.17) is 9.72 Å². The fraction of sp³-hybridized carbons (Fsp3) is 0.333. The van der Waals surface area contributed by atoms with Crippen molar-refractivity contribution in [2.75, 3.05) is 25.1 Å². The highest BCUT2D eigenvalue weighted by molar-refractivity contribution is 6.10. The molecule has 0 bridgehead atoms. The minimum Gasteiger partial charge on any atom is -0.492 e. The lowest BCUT2D eigenvalue weighted by molar-refractivity contribution is 0.0934. The molecule has 1 aliphatic heterocycles. The number of nitrogens with one attached hydrogen (secondary N) is 1. The van der Waals surface area contributed by atoms with Crippen molar-refractivity contribution in [3.8, 4) is 5.75 Å². The van der Waals surface area contributed by atoms with E-state index in [0.717, 1.165) is 54.6 Å². The molecule has 5 heteroatoms. The fourth-order valence-electron chi connectivity index (χ4n) is 4.08. The zero-order valence-corrected chi connectivity index (χ0v) is 17.0. The number of carbonyl (C=O) groups is 1. The minimum absolute atomic E-state index is 0.0597. The van der Waals surface area contributed by atoms with E-state index in [-0.39, 0.29) is 11.9 Å². The van der Waals surface area contributed by atoms with Crippen molar-refractivity contribution >= 4 is 22.6 Å². The van der Waals surface area contributed by atoms with Gasteiger partial charge in [0.25, 0.3) is 5.91 Å². The summed E-state index contributed by atoms with van der Waals surface area (Å²) in [6.07, 6.45) is 3.07. The molecule has 5 nitrogen and oxygen atoms in total. The molecule has 0 saturated carbocycles. The Hall–Kier alpha value is -3.08. The van der Waals surface area contributed by atoms with Crippen LogP contribution in [0.3, 0.4) is 0 Å². The lowest BCUT2D eigenvalue weighted by atomic mass is 10.0. The molecule has 1 aromatic heterocycles. The van der Waals surface area contributed by atoms with Gasteiger partial charge in [-0.05, 0) is 30.9 Å². The van der Waals surface area contributed by atoms with Gasteiger partial charge < -0.3 is 15.0 Å². The van der Waals surface area contributed by atoms with Gasteiger partial charge in [0.15, 0.2) is 11.6 Å². The summed E-state index contributed by atoms with van der Waals surface area (Å²) in [7, 11) is 1.62. The van der Waals surface area contributed by atoms with Crippen molar-refractivity contribution in [3.05, 3.63) is 65.7 Å². The van der Waals surface area contributed by atoms with E-state index in [9.17, 15) is 4.79 Å². The predicted octanol–water partition coefficient (Wildman–Crippen LogP) is 4.72. The lowest BCUT2D eigenvalue weighted by Crippen LogP contribution is -2.29. The van der Waals surface area contributed by atoms with Gasteiger partial charge in [-0.2, -0.15) is 0 Å². The van der Waals surface area contributed by atoms with Gasteiger partial charge in [0.2, 0.25) is 0 Å². The summed E-state index contributed by atoms with van der Waals surface area (Å²) in [5, 5.41) is 4.03. The molecule has 1 aliphatic rings. The van der Waals surface area contributed by atoms with Crippen LogP contribution in [0.2, 0.25) is 0 Å². The molecular weight excluding hydrogens is 362 g/mol. The van der Waals surface area contributed by atoms with E-state index >= 15 is 0 Å². The highest BCUT2D eigenvalue weighted by Crippen LogP contribution is 2.37. The van der Waals surface area contributed by atoms with E-state index in [2.05, 4.69) is 17.1 Å². The molecule has 1 amide bonds. The second-order valence-electron chi connectivity index (χ2n) is 7.40. The molecule has 0 spiro atoms. The highest BCUT2D eigenvalue weighted by Gasteiger charge is 2.27. The van der Waals surface area contributed by atoms with Crippen LogP contribution in [-0.2, 0) is 0 Å². The van der Waals surface area contributed by atoms with Crippen molar-refractivity contribution in [3.63, 3.8) is 0 Å². The predicted molar refractivity (Wildman–Crippen MR) is 117 cm³/mol. The number of fused-ring (bicyclic) bond motifs is 1. The van der Waals surface area contributed by atoms with Gasteiger partial charge in [0.05, 0.1) is 24.2 Å². The summed E-state index contributed by atoms with van der Waals surface area (Å²) in [6, 6.07) is 17.8. The second kappa shape index (κ2) is 8.52. The van der Waals surface area contributed by atoms with E-state index in [1.54, 1.807) is 7.11 Å². The Morgan fingerprint density at radius 2 is 1.79 bits per heavy atom. The first-order valence-electron chi connectivity index (χ1n) is 10.3. The topological polar surface area (TPSA) is 54.5 Å². The van der Waals surface area contributed by atoms with Crippen LogP contribution < -0.4 is 15.0 Å². The van der Waals surface area contributed by atoms with Crippen LogP contribution in [0.25, 0.3) is 10.9 Å². The Balaban J connectivity index is 1.79. The van der Waals surface area contributed by atoms with E-state index < -0.39 is 0 Å². The number of rotatable bonds is 6. The third-order valence-corrected chi connectivity index (χ3v) is 5.58. The SMILES string of the molecule is CC[C@H](NC(=O)c1c(OC)c(N2CCCC2)nc2ccccc12)c1ccccc1. The maximum atomic E-state index is 13.5. The number of pyridine rings is 1. The van der Waals surface area contributed by atoms with Crippen molar-refractivity contribution in [2.24, 2.45) is 0 Å². The third-order valence-electron chi connectivity index (χ3n) is 5.58. The number of aromatic nitrogens is 1. The molecule has 150 valence electrons. The van der Waals surface area contributed by atoms with Gasteiger partial charge in [0.1, 0.15) is 0 Å². The molecule has 1 N–H and O–H groups in total. The smallest absolute Gasteiger partial charge is 0.256 e. The third kappa shape index (κ3) is 3.77. The van der Waals surface area contributed by atoms with Crippen molar-refractivity contribution < 1.29 is 9.53 Å². The van der Waals surface area contributed by atoms with Gasteiger partial charge in [-0.1, -0.05) is 55.5 Å². The molecule has 0 aliphatic carbocycles. The first-order chi connectivity index (χ1) is 14.2. The van der Waals surface area contributed by atoms with Crippen molar-refractivity contribution in [2.45, 2.75) is 32.2 Å². The Kier molecular flexibility index (Phi) is 5.65. The standard InChI is InChI=1S/C24H27N3O2/c1-3-19(17-11-5-4-6-12-17)26-24(28)21-18-13-7-8-14-20(18)25-23(22(21)29-2)27-15-9-10-16-27/h4-8,11-14,19H,3,9-10,15-16H2,1-2H3,(H,26,28)/t19-/m0/s1. The van der Waals surface area contributed by atoms with E-state index in [1.807, 2.05) is 54.6 Å². The Bertz CT molecular complexity index is 998. The summed E-state index contributed by atoms with van der Waals surface area (Å²) in [5.41, 5.74) is 2.47. The molecule has 1 fully saturated rings. The number of anilines is 1. The van der Waals surface area contributed by atoms with Gasteiger partial charge in [-0.3, -0.25) is 4.79 Å². The number of nitrogens with zero attached hydrogens (tertiary/aromatic N) is 2. The number of hydrogen-bond donors (Lipinski definition) is 1. The lowest BCUT2D eigenvalue weighted by Gasteiger charge is -2.24. The van der Waals surface area contributed by atoms with Gasteiger partial charge in [-0.25, -0.2) is 4.98 Å². The quantitative estimate of drug-likeness (QED) is 0.662. The molecule has 0 unspecified atom stereocenters. The molecule has 3 aromatic rings. The Labute approximate surface area is 171 Å². The number of ether oxygens (including phenoxy) is 1. The number of hydrogen-bond acceptors (Lipinski definition) is 4. The van der Waals surface area contributed by atoms with Crippen molar-refractivity contribution in [1.82, 2.24) is 10.3 Å². The van der Waals surface area contributed by atoms with Crippen molar-refractivity contribution in [1.29, 1.82) is 0 Å². The number of benzene rings is 2. The molecule has 29 heavy (non-hydrogen) atoms. The zero-order valence-electron chi connectivity index (χ0n) is 17.0. The van der Waals surface area contributed by atoms with Gasteiger partial charge in [0, 0.05) is 18.5 Å². The van der Waals surface area contributed by atoms with Crippen LogP contribution in [0.4, 0.5) is 5.82 Å². The molecule has 4 rings (SSSR count). The van der Waals surface area contributed by atoms with E-state index in [1.165, 1.54) is 0 Å². The number of methoxy groups -OCH3 is 1. The molecular formula is C24H27N3O2. The van der Waals surface area contributed by atoms with Crippen LogP contribution >= 0.6 is 0 Å². The molecule has 0 radical (unpaired) electrons. The maximum absolute atomic E-state index is 13.5. The van der Waals surface area contributed by atoms with Gasteiger partial charge in [-0.15, -0.1) is 0 Å². The normalized spacial score (nSPS) is 14.8. The fourth-order valence-corrected chi connectivity index (χ4v) is 4.08. The average molecular weight is 389 g/mol. The Morgan fingerprint density at radius 1 is 1.10 bits per heavy atom. The summed E-state index contributed by atoms with van der Waals surface area (Å²) in [6.45, 7) is 3.95. The Morgan fingerprint density at radius 3 is 2.48 bits per heavy atom. The van der Waals surface area contributed by atoms with Crippen LogP contribution in [0.15, 0.2) is 54.6 Å².